The van der Waals surface area contributed by atoms with Crippen LogP contribution >= 0.6 is 0 Å². The molecule has 6 nitrogen and oxygen atoms in total. The molecule has 0 saturated carbocycles. The van der Waals surface area contributed by atoms with Gasteiger partial charge in [0.05, 0.1) is 25.4 Å². The van der Waals surface area contributed by atoms with E-state index in [2.05, 4.69) is 6.58 Å². The highest BCUT2D eigenvalue weighted by Crippen LogP contribution is 2.47. The van der Waals surface area contributed by atoms with Crippen molar-refractivity contribution in [3.8, 4) is 0 Å². The normalized spacial score (nSPS) is 25.6. The van der Waals surface area contributed by atoms with Crippen molar-refractivity contribution in [1.82, 2.24) is 0 Å². The number of hydrogen-bond donors (Lipinski definition) is 0. The minimum atomic E-state index is -1.02. The van der Waals surface area contributed by atoms with Crippen molar-refractivity contribution in [2.45, 2.75) is 56.7 Å². The zero-order valence-electron chi connectivity index (χ0n) is 14.3. The summed E-state index contributed by atoms with van der Waals surface area (Å²) in [5, 5.41) is 0. The van der Waals surface area contributed by atoms with E-state index < -0.39 is 23.6 Å². The first-order valence-corrected chi connectivity index (χ1v) is 8.23. The minimum absolute atomic E-state index is 0.0120. The van der Waals surface area contributed by atoms with Crippen LogP contribution in [0.2, 0.25) is 0 Å². The molecule has 0 radical (unpaired) electrons. The summed E-state index contributed by atoms with van der Waals surface area (Å²) in [5.74, 6) is -1.53. The second kappa shape index (κ2) is 7.75. The third-order valence-electron chi connectivity index (χ3n) is 4.68. The smallest absolute Gasteiger partial charge is 0.337 e. The Kier molecular flexibility index (Phi) is 5.94. The van der Waals surface area contributed by atoms with Crippen molar-refractivity contribution in [3.63, 3.8) is 0 Å². The molecule has 0 aromatic carbocycles. The predicted molar refractivity (Wildman–Crippen MR) is 86.2 cm³/mol. The van der Waals surface area contributed by atoms with Crippen LogP contribution in [0.4, 0.5) is 0 Å². The fourth-order valence-electron chi connectivity index (χ4n) is 3.49. The molecule has 0 aliphatic carbocycles. The molecule has 0 aromatic heterocycles. The molecule has 2 aliphatic heterocycles. The summed E-state index contributed by atoms with van der Waals surface area (Å²) in [6.07, 6.45) is 5.79. The zero-order valence-corrected chi connectivity index (χ0v) is 14.3. The number of unbranched alkanes of at least 4 members (excludes halogenated alkanes) is 3. The van der Waals surface area contributed by atoms with Crippen molar-refractivity contribution in [1.29, 1.82) is 0 Å². The lowest BCUT2D eigenvalue weighted by atomic mass is 9.83. The number of rotatable bonds is 8. The third-order valence-corrected chi connectivity index (χ3v) is 4.68. The number of Topliss-reactive ketones (excluding diaryl/α,β-unsaturated/α-hetero) is 1. The Morgan fingerprint density at radius 2 is 1.96 bits per heavy atom. The SMILES string of the molecule is C=CCCCCC[C@]12CCC(=O)[C@H](O1)C(C(=O)OC)=C2C(=O)OC. The Balaban J connectivity index is 2.32. The summed E-state index contributed by atoms with van der Waals surface area (Å²) in [6, 6.07) is 0. The van der Waals surface area contributed by atoms with Gasteiger partial charge in [-0.05, 0) is 25.7 Å². The first-order chi connectivity index (χ1) is 11.5. The first-order valence-electron chi connectivity index (χ1n) is 8.23. The quantitative estimate of drug-likeness (QED) is 0.384. The molecule has 24 heavy (non-hydrogen) atoms. The lowest BCUT2D eigenvalue weighted by Gasteiger charge is -2.34. The molecule has 6 heteroatoms. The molecule has 1 saturated heterocycles. The molecule has 2 atom stereocenters. The van der Waals surface area contributed by atoms with Gasteiger partial charge in [0.2, 0.25) is 0 Å². The number of hydrogen-bond acceptors (Lipinski definition) is 6. The van der Waals surface area contributed by atoms with Gasteiger partial charge in [-0.25, -0.2) is 9.59 Å². The number of methoxy groups -OCH3 is 2. The van der Waals surface area contributed by atoms with Gasteiger partial charge >= 0.3 is 11.9 Å². The molecule has 132 valence electrons. The summed E-state index contributed by atoms with van der Waals surface area (Å²) in [4.78, 5) is 36.7. The summed E-state index contributed by atoms with van der Waals surface area (Å²) in [6.45, 7) is 3.70. The predicted octanol–water partition coefficient (Wildman–Crippen LogP) is 2.27. The van der Waals surface area contributed by atoms with Crippen molar-refractivity contribution < 1.29 is 28.6 Å². The second-order valence-electron chi connectivity index (χ2n) is 6.12. The summed E-state index contributed by atoms with van der Waals surface area (Å²) >= 11 is 0. The van der Waals surface area contributed by atoms with Gasteiger partial charge in [-0.1, -0.05) is 18.9 Å². The van der Waals surface area contributed by atoms with E-state index in [4.69, 9.17) is 14.2 Å². The zero-order chi connectivity index (χ0) is 17.7. The lowest BCUT2D eigenvalue weighted by molar-refractivity contribution is -0.151. The Morgan fingerprint density at radius 3 is 2.58 bits per heavy atom. The largest absolute Gasteiger partial charge is 0.466 e. The Morgan fingerprint density at radius 1 is 1.25 bits per heavy atom. The van der Waals surface area contributed by atoms with Gasteiger partial charge in [-0.15, -0.1) is 6.58 Å². The lowest BCUT2D eigenvalue weighted by Crippen LogP contribution is -2.42. The van der Waals surface area contributed by atoms with E-state index in [9.17, 15) is 14.4 Å². The van der Waals surface area contributed by atoms with Crippen LogP contribution in [0.25, 0.3) is 0 Å². The van der Waals surface area contributed by atoms with Crippen molar-refractivity contribution in [3.05, 3.63) is 23.8 Å². The number of allylic oxidation sites excluding steroid dienone is 1. The minimum Gasteiger partial charge on any atom is -0.466 e. The molecule has 2 rings (SSSR count). The van der Waals surface area contributed by atoms with Crippen LogP contribution in [0.1, 0.15) is 44.9 Å². The van der Waals surface area contributed by atoms with Gasteiger partial charge in [0.25, 0.3) is 0 Å². The maximum Gasteiger partial charge on any atom is 0.337 e. The van der Waals surface area contributed by atoms with Crippen LogP contribution in [-0.2, 0) is 28.6 Å². The molecule has 0 spiro atoms. The van der Waals surface area contributed by atoms with Gasteiger partial charge in [-0.2, -0.15) is 0 Å². The standard InChI is InChI=1S/C18H24O6/c1-4-5-6-7-8-10-18-11-9-12(19)15(24-18)13(16(20)22-2)14(18)17(21)23-3/h4,15H,1,5-11H2,2-3H3/t15-,18+/m0/s1. The molecular weight excluding hydrogens is 312 g/mol. The number of carbonyl (C=O) groups excluding carboxylic acids is 3. The van der Waals surface area contributed by atoms with Gasteiger partial charge in [-0.3, -0.25) is 4.79 Å². The van der Waals surface area contributed by atoms with Crippen molar-refractivity contribution >= 4 is 17.7 Å². The molecule has 2 aliphatic rings. The Bertz CT molecular complexity index is 576. The molecule has 2 heterocycles. The van der Waals surface area contributed by atoms with Crippen LogP contribution < -0.4 is 0 Å². The monoisotopic (exact) mass is 336 g/mol. The fraction of sp³-hybridized carbons (Fsp3) is 0.611. The average molecular weight is 336 g/mol. The van der Waals surface area contributed by atoms with Gasteiger partial charge in [0, 0.05) is 6.42 Å². The number of fused-ring (bicyclic) bond motifs is 2. The van der Waals surface area contributed by atoms with E-state index in [0.29, 0.717) is 12.8 Å². The average Bonchev–Trinajstić information content (AvgIpc) is 2.88. The topological polar surface area (TPSA) is 78.9 Å². The molecule has 1 fully saturated rings. The van der Waals surface area contributed by atoms with Gasteiger partial charge < -0.3 is 14.2 Å². The summed E-state index contributed by atoms with van der Waals surface area (Å²) in [5.41, 5.74) is -0.752. The Labute approximate surface area is 141 Å². The fourth-order valence-corrected chi connectivity index (χ4v) is 3.49. The highest BCUT2D eigenvalue weighted by Gasteiger charge is 2.57. The molecule has 2 bridgehead atoms. The Hall–Kier alpha value is -1.95. The second-order valence-corrected chi connectivity index (χ2v) is 6.12. The molecule has 0 aromatic rings. The van der Waals surface area contributed by atoms with Crippen molar-refractivity contribution in [2.75, 3.05) is 14.2 Å². The maximum absolute atomic E-state index is 12.3. The van der Waals surface area contributed by atoms with E-state index in [1.165, 1.54) is 14.2 Å². The van der Waals surface area contributed by atoms with E-state index in [-0.39, 0.29) is 23.4 Å². The van der Waals surface area contributed by atoms with Crippen LogP contribution in [-0.4, -0.2) is 43.6 Å². The molecule has 0 amide bonds. The van der Waals surface area contributed by atoms with Crippen LogP contribution in [0.15, 0.2) is 23.8 Å². The molecule has 0 N–H and O–H groups in total. The third kappa shape index (κ3) is 3.29. The number of ether oxygens (including phenoxy) is 3. The number of ketones is 1. The van der Waals surface area contributed by atoms with E-state index in [0.717, 1.165) is 25.7 Å². The highest BCUT2D eigenvalue weighted by atomic mass is 16.6. The van der Waals surface area contributed by atoms with Crippen molar-refractivity contribution in [2.24, 2.45) is 0 Å². The van der Waals surface area contributed by atoms with E-state index in [1.54, 1.807) is 0 Å². The van der Waals surface area contributed by atoms with E-state index >= 15 is 0 Å². The molecular formula is C18H24O6. The number of carbonyl (C=O) groups is 3. The van der Waals surface area contributed by atoms with Crippen LogP contribution in [0.5, 0.6) is 0 Å². The summed E-state index contributed by atoms with van der Waals surface area (Å²) in [7, 11) is 2.48. The maximum atomic E-state index is 12.3. The molecule has 0 unspecified atom stereocenters. The van der Waals surface area contributed by atoms with E-state index in [1.807, 2.05) is 6.08 Å². The first kappa shape index (κ1) is 18.4. The van der Waals surface area contributed by atoms with Crippen LogP contribution in [0, 0.1) is 0 Å². The van der Waals surface area contributed by atoms with Crippen LogP contribution in [0.3, 0.4) is 0 Å². The summed E-state index contributed by atoms with van der Waals surface area (Å²) < 4.78 is 15.6. The highest BCUT2D eigenvalue weighted by molar-refractivity contribution is 6.09. The van der Waals surface area contributed by atoms with Gasteiger partial charge in [0.15, 0.2) is 5.78 Å². The number of esters is 2. The van der Waals surface area contributed by atoms with Gasteiger partial charge in [0.1, 0.15) is 11.7 Å².